The minimum atomic E-state index is -0.334. The van der Waals surface area contributed by atoms with E-state index in [1.54, 1.807) is 11.3 Å². The van der Waals surface area contributed by atoms with Gasteiger partial charge in [-0.25, -0.2) is 0 Å². The first kappa shape index (κ1) is 21.7. The van der Waals surface area contributed by atoms with E-state index in [0.29, 0.717) is 18.1 Å². The van der Waals surface area contributed by atoms with E-state index < -0.39 is 0 Å². The summed E-state index contributed by atoms with van der Waals surface area (Å²) in [6, 6.07) is 11.4. The Kier molecular flexibility index (Phi) is 7.73. The third-order valence-electron chi connectivity index (χ3n) is 4.65. The lowest BCUT2D eigenvalue weighted by Gasteiger charge is -2.13. The highest BCUT2D eigenvalue weighted by Crippen LogP contribution is 2.21. The van der Waals surface area contributed by atoms with Crippen LogP contribution in [-0.4, -0.2) is 33.7 Å². The number of rotatable bonds is 10. The summed E-state index contributed by atoms with van der Waals surface area (Å²) in [6.45, 7) is 4.64. The molecule has 158 valence electrons. The molecule has 3 aromatic rings. The smallest absolute Gasteiger partial charge is 0.273 e. The Bertz CT molecular complexity index is 1020. The second-order valence-electron chi connectivity index (χ2n) is 6.99. The molecule has 0 saturated heterocycles. The van der Waals surface area contributed by atoms with Crippen molar-refractivity contribution in [2.45, 2.75) is 45.6 Å². The molecule has 2 heterocycles. The zero-order valence-electron chi connectivity index (χ0n) is 17.2. The van der Waals surface area contributed by atoms with Gasteiger partial charge in [-0.3, -0.25) is 9.59 Å². The number of aryl methyl sites for hydroxylation is 1. The van der Waals surface area contributed by atoms with Crippen molar-refractivity contribution in [2.24, 2.45) is 0 Å². The van der Waals surface area contributed by atoms with Crippen LogP contribution in [-0.2, 0) is 17.6 Å². The first-order valence-corrected chi connectivity index (χ1v) is 10.9. The van der Waals surface area contributed by atoms with Crippen LogP contribution in [0.1, 0.15) is 37.3 Å². The molecule has 8 heteroatoms. The molecule has 0 bridgehead atoms. The van der Waals surface area contributed by atoms with Gasteiger partial charge < -0.3 is 15.0 Å². The van der Waals surface area contributed by atoms with Gasteiger partial charge in [0.2, 0.25) is 5.91 Å². The molecular weight excluding hydrogens is 400 g/mol. The Labute approximate surface area is 179 Å². The molecule has 1 aromatic carbocycles. The number of nitrogens with zero attached hydrogens (tertiary/aromatic N) is 2. The summed E-state index contributed by atoms with van der Waals surface area (Å²) < 4.78 is 5.82. The van der Waals surface area contributed by atoms with Crippen molar-refractivity contribution < 1.29 is 9.53 Å². The fourth-order valence-electron chi connectivity index (χ4n) is 2.79. The second-order valence-corrected chi connectivity index (χ2v) is 8.03. The third kappa shape index (κ3) is 6.25. The maximum Gasteiger partial charge on any atom is 0.273 e. The van der Waals surface area contributed by atoms with Gasteiger partial charge >= 0.3 is 0 Å². The van der Waals surface area contributed by atoms with Gasteiger partial charge in [0.1, 0.15) is 11.4 Å². The first-order valence-electron chi connectivity index (χ1n) is 10.1. The summed E-state index contributed by atoms with van der Waals surface area (Å²) in [7, 11) is 0. The van der Waals surface area contributed by atoms with Crippen molar-refractivity contribution in [2.75, 3.05) is 6.54 Å². The lowest BCUT2D eigenvalue weighted by molar-refractivity contribution is -0.121. The average molecular weight is 427 g/mol. The maximum atomic E-state index is 12.4. The van der Waals surface area contributed by atoms with Gasteiger partial charge in [0.05, 0.1) is 6.10 Å². The van der Waals surface area contributed by atoms with Gasteiger partial charge in [0.25, 0.3) is 5.56 Å². The normalized spacial score (nSPS) is 11.8. The van der Waals surface area contributed by atoms with Crippen LogP contribution >= 0.6 is 11.3 Å². The van der Waals surface area contributed by atoms with Crippen LogP contribution in [0.5, 0.6) is 5.75 Å². The minimum Gasteiger partial charge on any atom is -0.491 e. The van der Waals surface area contributed by atoms with E-state index in [2.05, 4.69) is 27.4 Å². The van der Waals surface area contributed by atoms with Crippen molar-refractivity contribution in [3.8, 4) is 17.1 Å². The van der Waals surface area contributed by atoms with Gasteiger partial charge in [0.15, 0.2) is 5.82 Å². The molecule has 2 N–H and O–H groups in total. The standard InChI is InChI=1S/C22H26N4O3S/c1-3-15(2)29-17-7-4-6-16(14-17)21-24-22(28)19(25-26-21)9-10-20(27)23-12-11-18-8-5-13-30-18/h4-8,13-15H,3,9-12H2,1-2H3,(H,23,27)(H,24,26,28). The van der Waals surface area contributed by atoms with E-state index in [1.807, 2.05) is 48.7 Å². The van der Waals surface area contributed by atoms with Crippen LogP contribution in [0.4, 0.5) is 0 Å². The number of hydrogen-bond donors (Lipinski definition) is 2. The largest absolute Gasteiger partial charge is 0.491 e. The third-order valence-corrected chi connectivity index (χ3v) is 5.58. The number of ether oxygens (including phenoxy) is 1. The van der Waals surface area contributed by atoms with E-state index in [1.165, 1.54) is 4.88 Å². The molecule has 2 aromatic heterocycles. The van der Waals surface area contributed by atoms with Crippen molar-refractivity contribution in [3.63, 3.8) is 0 Å². The lowest BCUT2D eigenvalue weighted by Crippen LogP contribution is -2.27. The van der Waals surface area contributed by atoms with E-state index in [0.717, 1.165) is 18.4 Å². The number of carbonyl (C=O) groups excluding carboxylic acids is 1. The minimum absolute atomic E-state index is 0.101. The topological polar surface area (TPSA) is 97.0 Å². The summed E-state index contributed by atoms with van der Waals surface area (Å²) in [6.07, 6.45) is 2.24. The molecule has 0 aliphatic rings. The van der Waals surface area contributed by atoms with Crippen LogP contribution in [0.25, 0.3) is 11.4 Å². The fraction of sp³-hybridized carbons (Fsp3) is 0.364. The number of aromatic nitrogens is 3. The SMILES string of the molecule is CCC(C)Oc1cccc(-c2nnc(CCC(=O)NCCc3cccs3)c(=O)[nH]2)c1. The summed E-state index contributed by atoms with van der Waals surface area (Å²) in [5.74, 6) is 0.985. The summed E-state index contributed by atoms with van der Waals surface area (Å²) in [5.41, 5.74) is 0.636. The van der Waals surface area contributed by atoms with Gasteiger partial charge in [-0.2, -0.15) is 0 Å². The van der Waals surface area contributed by atoms with Crippen LogP contribution < -0.4 is 15.6 Å². The van der Waals surface area contributed by atoms with Gasteiger partial charge in [0, 0.05) is 29.8 Å². The Morgan fingerprint density at radius 2 is 2.10 bits per heavy atom. The first-order chi connectivity index (χ1) is 14.5. The van der Waals surface area contributed by atoms with E-state index in [9.17, 15) is 9.59 Å². The number of carbonyl (C=O) groups is 1. The zero-order valence-corrected chi connectivity index (χ0v) is 18.0. The van der Waals surface area contributed by atoms with E-state index in [4.69, 9.17) is 4.74 Å². The van der Waals surface area contributed by atoms with Crippen LogP contribution in [0, 0.1) is 0 Å². The molecule has 3 rings (SSSR count). The van der Waals surface area contributed by atoms with Gasteiger partial charge in [-0.05, 0) is 43.3 Å². The second kappa shape index (κ2) is 10.7. The highest BCUT2D eigenvalue weighted by atomic mass is 32.1. The average Bonchev–Trinajstić information content (AvgIpc) is 3.26. The Hall–Kier alpha value is -3.00. The number of hydrogen-bond acceptors (Lipinski definition) is 6. The highest BCUT2D eigenvalue weighted by Gasteiger charge is 2.11. The van der Waals surface area contributed by atoms with Gasteiger partial charge in [-0.15, -0.1) is 21.5 Å². The summed E-state index contributed by atoms with van der Waals surface area (Å²) in [4.78, 5) is 28.4. The number of H-pyrrole nitrogens is 1. The monoisotopic (exact) mass is 426 g/mol. The lowest BCUT2D eigenvalue weighted by atomic mass is 10.2. The Morgan fingerprint density at radius 3 is 2.83 bits per heavy atom. The molecule has 0 aliphatic heterocycles. The zero-order chi connectivity index (χ0) is 21.3. The molecule has 0 saturated carbocycles. The molecule has 0 radical (unpaired) electrons. The number of aromatic amines is 1. The van der Waals surface area contributed by atoms with E-state index >= 15 is 0 Å². The molecule has 1 atom stereocenters. The quantitative estimate of drug-likeness (QED) is 0.518. The fourth-order valence-corrected chi connectivity index (χ4v) is 3.50. The van der Waals surface area contributed by atoms with Gasteiger partial charge in [-0.1, -0.05) is 25.1 Å². The molecule has 1 amide bonds. The number of benzene rings is 1. The molecule has 1 unspecified atom stereocenters. The molecule has 30 heavy (non-hydrogen) atoms. The summed E-state index contributed by atoms with van der Waals surface area (Å²) >= 11 is 1.67. The van der Waals surface area contributed by atoms with Crippen LogP contribution in [0.2, 0.25) is 0 Å². The molecule has 0 spiro atoms. The van der Waals surface area contributed by atoms with E-state index in [-0.39, 0.29) is 36.1 Å². The predicted octanol–water partition coefficient (Wildman–Crippen LogP) is 3.36. The van der Waals surface area contributed by atoms with Crippen LogP contribution in [0.15, 0.2) is 46.6 Å². The predicted molar refractivity (Wildman–Crippen MR) is 118 cm³/mol. The molecule has 0 aliphatic carbocycles. The molecular formula is C22H26N4O3S. The van der Waals surface area contributed by atoms with Crippen LogP contribution in [0.3, 0.4) is 0 Å². The molecule has 0 fully saturated rings. The Morgan fingerprint density at radius 1 is 1.23 bits per heavy atom. The maximum absolute atomic E-state index is 12.4. The number of amides is 1. The molecule has 7 nitrogen and oxygen atoms in total. The van der Waals surface area contributed by atoms with Crippen molar-refractivity contribution >= 4 is 17.2 Å². The van der Waals surface area contributed by atoms with Crippen molar-refractivity contribution in [3.05, 3.63) is 62.7 Å². The van der Waals surface area contributed by atoms with Crippen molar-refractivity contribution in [1.82, 2.24) is 20.5 Å². The highest BCUT2D eigenvalue weighted by molar-refractivity contribution is 7.09. The van der Waals surface area contributed by atoms with Crippen molar-refractivity contribution in [1.29, 1.82) is 0 Å². The number of thiophene rings is 1. The summed E-state index contributed by atoms with van der Waals surface area (Å²) in [5, 5.41) is 13.1. The Balaban J connectivity index is 1.55. The number of nitrogens with one attached hydrogen (secondary N) is 2.